The molecule has 7 nitrogen and oxygen atoms in total. The van der Waals surface area contributed by atoms with Crippen molar-refractivity contribution in [1.82, 2.24) is 18.8 Å². The lowest BCUT2D eigenvalue weighted by atomic mass is 9.78. The van der Waals surface area contributed by atoms with Gasteiger partial charge in [-0.15, -0.1) is 0 Å². The Hall–Kier alpha value is -2.04. The first kappa shape index (κ1) is 24.1. The van der Waals surface area contributed by atoms with Crippen LogP contribution in [0.1, 0.15) is 49.6 Å². The zero-order chi connectivity index (χ0) is 23.6. The minimum Gasteiger partial charge on any atom is -0.313 e. The maximum atomic E-state index is 14.0. The predicted molar refractivity (Wildman–Crippen MR) is 123 cm³/mol. The largest absolute Gasteiger partial charge is 0.325 e. The molecule has 1 aromatic heterocycles. The van der Waals surface area contributed by atoms with E-state index in [1.165, 1.54) is 22.7 Å². The summed E-state index contributed by atoms with van der Waals surface area (Å²) in [6, 6.07) is 3.91. The molecule has 2 aliphatic rings. The van der Waals surface area contributed by atoms with E-state index in [1.807, 2.05) is 0 Å². The topological polar surface area (TPSA) is 78.4 Å². The fourth-order valence-corrected chi connectivity index (χ4v) is 6.31. The number of piperidine rings is 2. The van der Waals surface area contributed by atoms with E-state index in [9.17, 15) is 22.0 Å². The van der Waals surface area contributed by atoms with Crippen molar-refractivity contribution in [2.24, 2.45) is 5.92 Å². The maximum Gasteiger partial charge on any atom is 0.325 e. The first-order valence-corrected chi connectivity index (χ1v) is 13.4. The van der Waals surface area contributed by atoms with Gasteiger partial charge in [-0.05, 0) is 68.2 Å². The van der Waals surface area contributed by atoms with Gasteiger partial charge >= 0.3 is 5.69 Å². The van der Waals surface area contributed by atoms with Crippen molar-refractivity contribution >= 4 is 10.0 Å². The molecule has 2 aromatic rings. The normalized spacial score (nSPS) is 20.8. The number of aromatic nitrogens is 2. The fraction of sp³-hybridized carbons (Fsp3) is 0.609. The number of H-pyrrole nitrogens is 1. The lowest BCUT2D eigenvalue weighted by Gasteiger charge is -2.37. The monoisotopic (exact) mass is 482 g/mol. The van der Waals surface area contributed by atoms with Gasteiger partial charge in [-0.25, -0.2) is 26.3 Å². The summed E-state index contributed by atoms with van der Waals surface area (Å²) < 4.78 is 55.0. The highest BCUT2D eigenvalue weighted by Crippen LogP contribution is 2.37. The molecule has 0 unspecified atom stereocenters. The van der Waals surface area contributed by atoms with E-state index in [0.29, 0.717) is 31.5 Å². The fourth-order valence-electron chi connectivity index (χ4n) is 5.43. The lowest BCUT2D eigenvalue weighted by molar-refractivity contribution is 0.166. The Balaban J connectivity index is 1.41. The first-order valence-electron chi connectivity index (χ1n) is 11.6. The average Bonchev–Trinajstić information content (AvgIpc) is 3.19. The number of nitrogens with zero attached hydrogens (tertiary/aromatic N) is 3. The molecule has 0 saturated carbocycles. The molecular formula is C23H32F2N4O3S. The van der Waals surface area contributed by atoms with Crippen molar-refractivity contribution in [3.63, 3.8) is 0 Å². The third kappa shape index (κ3) is 5.91. The molecule has 0 spiro atoms. The van der Waals surface area contributed by atoms with Crippen LogP contribution in [0.2, 0.25) is 0 Å². The third-order valence-corrected chi connectivity index (χ3v) is 8.54. The highest BCUT2D eigenvalue weighted by Gasteiger charge is 2.32. The molecule has 10 heteroatoms. The van der Waals surface area contributed by atoms with E-state index < -0.39 is 21.7 Å². The predicted octanol–water partition coefficient (Wildman–Crippen LogP) is 2.94. The molecule has 3 heterocycles. The molecule has 2 aliphatic heterocycles. The van der Waals surface area contributed by atoms with Crippen LogP contribution in [0.5, 0.6) is 0 Å². The number of aromatic amines is 1. The Bertz CT molecular complexity index is 1080. The molecule has 1 atom stereocenters. The lowest BCUT2D eigenvalue weighted by Crippen LogP contribution is -2.40. The highest BCUT2D eigenvalue weighted by molar-refractivity contribution is 7.88. The number of hydrogen-bond donors (Lipinski definition) is 1. The summed E-state index contributed by atoms with van der Waals surface area (Å²) in [6.45, 7) is 3.39. The van der Waals surface area contributed by atoms with Gasteiger partial charge in [0.1, 0.15) is 11.6 Å². The van der Waals surface area contributed by atoms with Crippen molar-refractivity contribution in [2.75, 3.05) is 39.0 Å². The third-order valence-electron chi connectivity index (χ3n) is 7.23. The van der Waals surface area contributed by atoms with E-state index in [-0.39, 0.29) is 23.6 Å². The van der Waals surface area contributed by atoms with Crippen molar-refractivity contribution in [1.29, 1.82) is 0 Å². The van der Waals surface area contributed by atoms with Gasteiger partial charge in [-0.2, -0.15) is 0 Å². The average molecular weight is 483 g/mol. The van der Waals surface area contributed by atoms with Crippen LogP contribution in [0.25, 0.3) is 0 Å². The van der Waals surface area contributed by atoms with Crippen LogP contribution < -0.4 is 5.69 Å². The van der Waals surface area contributed by atoms with Gasteiger partial charge in [-0.1, -0.05) is 0 Å². The summed E-state index contributed by atoms with van der Waals surface area (Å²) in [6.07, 6.45) is 8.53. The number of rotatable bonds is 7. The second-order valence-corrected chi connectivity index (χ2v) is 11.3. The van der Waals surface area contributed by atoms with Crippen LogP contribution in [0.3, 0.4) is 0 Å². The van der Waals surface area contributed by atoms with Crippen LogP contribution in [0.4, 0.5) is 8.78 Å². The van der Waals surface area contributed by atoms with Crippen molar-refractivity contribution < 1.29 is 17.2 Å². The Morgan fingerprint density at radius 3 is 2.21 bits per heavy atom. The molecule has 2 saturated heterocycles. The number of benzene rings is 1. The molecule has 0 amide bonds. The highest BCUT2D eigenvalue weighted by atomic mass is 32.2. The van der Waals surface area contributed by atoms with E-state index in [1.54, 1.807) is 17.0 Å². The van der Waals surface area contributed by atoms with Crippen molar-refractivity contribution in [3.8, 4) is 0 Å². The molecule has 0 bridgehead atoms. The zero-order valence-corrected chi connectivity index (χ0v) is 19.7. The van der Waals surface area contributed by atoms with Gasteiger partial charge in [-0.3, -0.25) is 4.57 Å². The van der Waals surface area contributed by atoms with E-state index in [0.717, 1.165) is 45.0 Å². The molecule has 0 aliphatic carbocycles. The van der Waals surface area contributed by atoms with Gasteiger partial charge in [0.15, 0.2) is 0 Å². The molecule has 4 rings (SSSR count). The number of halogens is 2. The zero-order valence-electron chi connectivity index (χ0n) is 18.9. The first-order chi connectivity index (χ1) is 15.7. The van der Waals surface area contributed by atoms with E-state index in [2.05, 4.69) is 9.88 Å². The number of nitrogens with one attached hydrogen (secondary N) is 1. The van der Waals surface area contributed by atoms with Crippen LogP contribution in [0, 0.1) is 17.6 Å². The maximum absolute atomic E-state index is 14.0. The molecule has 1 N–H and O–H groups in total. The van der Waals surface area contributed by atoms with E-state index >= 15 is 0 Å². The molecule has 182 valence electrons. The van der Waals surface area contributed by atoms with Gasteiger partial charge in [0.05, 0.1) is 6.26 Å². The molecule has 33 heavy (non-hydrogen) atoms. The van der Waals surface area contributed by atoms with Gasteiger partial charge in [0, 0.05) is 50.7 Å². The smallest absolute Gasteiger partial charge is 0.313 e. The molecule has 1 aromatic carbocycles. The molecule has 2 fully saturated rings. The van der Waals surface area contributed by atoms with Gasteiger partial charge < -0.3 is 9.88 Å². The number of sulfonamides is 1. The summed E-state index contributed by atoms with van der Waals surface area (Å²) in [5, 5.41) is 0. The van der Waals surface area contributed by atoms with Crippen LogP contribution in [-0.4, -0.2) is 66.2 Å². The minimum atomic E-state index is -3.23. The molecule has 0 radical (unpaired) electrons. The van der Waals surface area contributed by atoms with Gasteiger partial charge in [0.2, 0.25) is 10.0 Å². The summed E-state index contributed by atoms with van der Waals surface area (Å²) >= 11 is 0. The summed E-state index contributed by atoms with van der Waals surface area (Å²) in [7, 11) is -3.23. The van der Waals surface area contributed by atoms with Crippen molar-refractivity contribution in [3.05, 3.63) is 58.3 Å². The second kappa shape index (κ2) is 10.1. The van der Waals surface area contributed by atoms with Crippen LogP contribution in [-0.2, 0) is 10.0 Å². The Morgan fingerprint density at radius 2 is 1.67 bits per heavy atom. The Kier molecular flexibility index (Phi) is 7.35. The number of imidazole rings is 1. The van der Waals surface area contributed by atoms with Crippen LogP contribution in [0.15, 0.2) is 35.4 Å². The summed E-state index contributed by atoms with van der Waals surface area (Å²) in [5.74, 6) is -1.04. The number of likely N-dealkylation sites (tertiary alicyclic amines) is 1. The number of hydrogen-bond acceptors (Lipinski definition) is 4. The summed E-state index contributed by atoms with van der Waals surface area (Å²) in [5.41, 5.74) is 0.571. The SMILES string of the molecule is CS(=O)(=O)N1CCC([C@@H](CCN2CCC(n3cc[nH]c3=O)CC2)c2cc(F)cc(F)c2)CC1. The van der Waals surface area contributed by atoms with Crippen LogP contribution >= 0.6 is 0 Å². The Labute approximate surface area is 193 Å². The quantitative estimate of drug-likeness (QED) is 0.658. The second-order valence-electron chi connectivity index (χ2n) is 9.34. The van der Waals surface area contributed by atoms with Gasteiger partial charge in [0.25, 0.3) is 0 Å². The minimum absolute atomic E-state index is 0.0399. The summed E-state index contributed by atoms with van der Waals surface area (Å²) in [4.78, 5) is 16.9. The van der Waals surface area contributed by atoms with E-state index in [4.69, 9.17) is 0 Å². The van der Waals surface area contributed by atoms with Crippen molar-refractivity contribution in [2.45, 2.75) is 44.1 Å². The Morgan fingerprint density at radius 1 is 1.03 bits per heavy atom. The standard InChI is InChI=1S/C23H32F2N4O3S/c1-33(31,32)28-11-2-17(3-12-28)22(18-14-19(24)16-20(25)15-18)6-10-27-8-4-21(5-9-27)29-13-7-26-23(29)30/h7,13-17,21-22H,2-6,8-12H2,1H3,(H,26,30)/t22-/m1/s1. The molecular weight excluding hydrogens is 450 g/mol.